The fourth-order valence-electron chi connectivity index (χ4n) is 0.682. The number of carbonyl (C=O) groups excluding carboxylic acids is 2. The molecule has 0 saturated carbocycles. The first-order valence-electron chi connectivity index (χ1n) is 4.06. The molecule has 0 aliphatic rings. The van der Waals surface area contributed by atoms with E-state index in [2.05, 4.69) is 16.3 Å². The van der Waals surface area contributed by atoms with Crippen LogP contribution in [0.4, 0.5) is 22.0 Å². The molecule has 0 rings (SSSR count). The number of halogens is 6. The number of Topliss-reactive ketones (excluding diaryl/α,β-unsaturated/α-hetero) is 2. The first-order valence-corrected chi connectivity index (χ1v) is 4.44. The number of hydrogen-bond donors (Lipinski definition) is 0. The second-order valence-electron chi connectivity index (χ2n) is 2.64. The van der Waals surface area contributed by atoms with Gasteiger partial charge in [-0.05, 0) is 18.5 Å². The van der Waals surface area contributed by atoms with E-state index >= 15 is 0 Å². The van der Waals surface area contributed by atoms with Gasteiger partial charge in [0.1, 0.15) is 5.57 Å². The first-order chi connectivity index (χ1) is 7.51. The summed E-state index contributed by atoms with van der Waals surface area (Å²) in [4.78, 5) is 21.5. The number of hydrogen-bond acceptors (Lipinski definition) is 3. The van der Waals surface area contributed by atoms with Gasteiger partial charge in [0.2, 0.25) is 0 Å². The van der Waals surface area contributed by atoms with Crippen LogP contribution in [0.2, 0.25) is 0 Å². The second kappa shape index (κ2) is 5.44. The van der Waals surface area contributed by atoms with Crippen molar-refractivity contribution in [3.05, 3.63) is 11.8 Å². The Bertz CT molecular complexity index is 314. The highest BCUT2D eigenvalue weighted by atomic mass is 35.5. The lowest BCUT2D eigenvalue weighted by Gasteiger charge is -2.11. The summed E-state index contributed by atoms with van der Waals surface area (Å²) in [6, 6.07) is 0. The molecule has 0 aromatic rings. The Labute approximate surface area is 97.2 Å². The monoisotopic (exact) mass is 280 g/mol. The Morgan fingerprint density at radius 3 is 1.94 bits per heavy atom. The second-order valence-corrected chi connectivity index (χ2v) is 3.12. The van der Waals surface area contributed by atoms with Crippen molar-refractivity contribution in [2.24, 2.45) is 0 Å². The molecule has 0 unspecified atom stereocenters. The smallest absolute Gasteiger partial charge is 0.455 e. The largest absolute Gasteiger partial charge is 0.501 e. The van der Waals surface area contributed by atoms with Crippen LogP contribution in [0.15, 0.2) is 11.8 Å². The van der Waals surface area contributed by atoms with Crippen LogP contribution in [-0.2, 0) is 14.3 Å². The molecular weight excluding hydrogens is 275 g/mol. The van der Waals surface area contributed by atoms with Crippen molar-refractivity contribution in [3.8, 4) is 0 Å². The SMILES string of the molecule is CCOC=C(C(=O)C(F)(F)F)C(=O)C(F)(F)Cl. The zero-order valence-electron chi connectivity index (χ0n) is 8.28. The molecule has 0 aromatic heterocycles. The predicted octanol–water partition coefficient (Wildman–Crippen LogP) is 2.44. The molecule has 0 spiro atoms. The Hall–Kier alpha value is -1.18. The molecule has 0 bridgehead atoms. The maximum atomic E-state index is 12.3. The Kier molecular flexibility index (Phi) is 5.06. The Morgan fingerprint density at radius 1 is 1.18 bits per heavy atom. The number of alkyl halides is 6. The van der Waals surface area contributed by atoms with E-state index in [1.807, 2.05) is 0 Å². The lowest BCUT2D eigenvalue weighted by molar-refractivity contribution is -0.168. The molecule has 3 nitrogen and oxygen atoms in total. The minimum atomic E-state index is -5.47. The van der Waals surface area contributed by atoms with Gasteiger partial charge in [-0.1, -0.05) is 0 Å². The van der Waals surface area contributed by atoms with Gasteiger partial charge in [-0.2, -0.15) is 22.0 Å². The summed E-state index contributed by atoms with van der Waals surface area (Å²) in [5, 5.41) is -4.61. The van der Waals surface area contributed by atoms with Crippen molar-refractivity contribution in [1.29, 1.82) is 0 Å². The van der Waals surface area contributed by atoms with Crippen molar-refractivity contribution >= 4 is 23.2 Å². The Morgan fingerprint density at radius 2 is 1.65 bits per heavy atom. The molecule has 0 aromatic carbocycles. The maximum absolute atomic E-state index is 12.3. The zero-order valence-corrected chi connectivity index (χ0v) is 9.03. The van der Waals surface area contributed by atoms with Crippen LogP contribution in [0.25, 0.3) is 0 Å². The predicted molar refractivity (Wildman–Crippen MR) is 46.6 cm³/mol. The van der Waals surface area contributed by atoms with Crippen molar-refractivity contribution in [3.63, 3.8) is 0 Å². The van der Waals surface area contributed by atoms with Crippen LogP contribution in [0, 0.1) is 0 Å². The standard InChI is InChI=1S/C8H6ClF5O3/c1-2-17-3-4(5(15)7(9,10)11)6(16)8(12,13)14/h3H,2H2,1H3. The van der Waals surface area contributed by atoms with Crippen LogP contribution in [-0.4, -0.2) is 29.7 Å². The van der Waals surface area contributed by atoms with Crippen molar-refractivity contribution in [1.82, 2.24) is 0 Å². The van der Waals surface area contributed by atoms with Crippen LogP contribution < -0.4 is 0 Å². The van der Waals surface area contributed by atoms with E-state index in [4.69, 9.17) is 0 Å². The summed E-state index contributed by atoms with van der Waals surface area (Å²) in [5.41, 5.74) is -1.85. The van der Waals surface area contributed by atoms with E-state index in [0.717, 1.165) is 0 Å². The Balaban J connectivity index is 5.32. The number of ketones is 2. The fourth-order valence-corrected chi connectivity index (χ4v) is 0.784. The van der Waals surface area contributed by atoms with Crippen LogP contribution in [0.1, 0.15) is 6.92 Å². The molecule has 0 atom stereocenters. The summed E-state index contributed by atoms with van der Waals surface area (Å²) in [6.07, 6.45) is -5.45. The third-order valence-electron chi connectivity index (χ3n) is 1.37. The lowest BCUT2D eigenvalue weighted by atomic mass is 10.1. The molecule has 0 N–H and O–H groups in total. The number of ether oxygens (including phenoxy) is 1. The van der Waals surface area contributed by atoms with E-state index in [0.29, 0.717) is 0 Å². The molecule has 0 aliphatic carbocycles. The quantitative estimate of drug-likeness (QED) is 0.194. The third-order valence-corrected chi connectivity index (χ3v) is 1.54. The molecule has 0 radical (unpaired) electrons. The van der Waals surface area contributed by atoms with Gasteiger partial charge >= 0.3 is 11.6 Å². The van der Waals surface area contributed by atoms with Gasteiger partial charge in [-0.25, -0.2) is 0 Å². The van der Waals surface area contributed by atoms with Gasteiger partial charge in [0.25, 0.3) is 11.6 Å². The molecule has 17 heavy (non-hydrogen) atoms. The van der Waals surface area contributed by atoms with Gasteiger partial charge < -0.3 is 4.74 Å². The number of carbonyl (C=O) groups is 2. The third kappa shape index (κ3) is 4.68. The van der Waals surface area contributed by atoms with Crippen LogP contribution in [0.5, 0.6) is 0 Å². The highest BCUT2D eigenvalue weighted by molar-refractivity contribution is 6.39. The maximum Gasteiger partial charge on any atom is 0.455 e. The highest BCUT2D eigenvalue weighted by Crippen LogP contribution is 2.28. The van der Waals surface area contributed by atoms with Gasteiger partial charge in [0, 0.05) is 0 Å². The highest BCUT2D eigenvalue weighted by Gasteiger charge is 2.49. The topological polar surface area (TPSA) is 43.4 Å². The summed E-state index contributed by atoms with van der Waals surface area (Å²) in [5.74, 6) is -5.20. The van der Waals surface area contributed by atoms with Crippen molar-refractivity contribution < 1.29 is 36.3 Å². The van der Waals surface area contributed by atoms with Crippen molar-refractivity contribution in [2.45, 2.75) is 18.5 Å². The van der Waals surface area contributed by atoms with E-state index in [-0.39, 0.29) is 12.9 Å². The molecule has 0 amide bonds. The molecule has 0 saturated heterocycles. The molecule has 0 heterocycles. The molecule has 0 fully saturated rings. The lowest BCUT2D eigenvalue weighted by Crippen LogP contribution is -2.34. The van der Waals surface area contributed by atoms with Crippen molar-refractivity contribution in [2.75, 3.05) is 6.61 Å². The van der Waals surface area contributed by atoms with E-state index in [1.165, 1.54) is 6.92 Å². The first kappa shape index (κ1) is 15.8. The number of allylic oxidation sites excluding steroid dienone is 1. The van der Waals surface area contributed by atoms with E-state index in [9.17, 15) is 31.5 Å². The van der Waals surface area contributed by atoms with Crippen LogP contribution in [0.3, 0.4) is 0 Å². The summed E-state index contributed by atoms with van der Waals surface area (Å²) < 4.78 is 64.9. The van der Waals surface area contributed by atoms with Gasteiger partial charge in [0.05, 0.1) is 12.9 Å². The average Bonchev–Trinajstić information content (AvgIpc) is 2.14. The minimum Gasteiger partial charge on any atom is -0.501 e. The van der Waals surface area contributed by atoms with E-state index in [1.54, 1.807) is 0 Å². The minimum absolute atomic E-state index is 0.0223. The summed E-state index contributed by atoms with van der Waals surface area (Å²) in [7, 11) is 0. The van der Waals surface area contributed by atoms with Gasteiger partial charge in [0.15, 0.2) is 0 Å². The molecule has 0 aliphatic heterocycles. The van der Waals surface area contributed by atoms with Gasteiger partial charge in [-0.3, -0.25) is 9.59 Å². The summed E-state index contributed by atoms with van der Waals surface area (Å²) >= 11 is 4.25. The fraction of sp³-hybridized carbons (Fsp3) is 0.500. The molecule has 9 heteroatoms. The average molecular weight is 281 g/mol. The number of rotatable bonds is 5. The van der Waals surface area contributed by atoms with Crippen LogP contribution >= 0.6 is 11.6 Å². The molecular formula is C8H6ClF5O3. The summed E-state index contributed by atoms with van der Waals surface area (Å²) in [6.45, 7) is 1.10. The zero-order chi connectivity index (χ0) is 13.9. The molecule has 98 valence electrons. The van der Waals surface area contributed by atoms with E-state index < -0.39 is 28.7 Å². The normalized spacial score (nSPS) is 13.5. The van der Waals surface area contributed by atoms with Gasteiger partial charge in [-0.15, -0.1) is 0 Å².